The highest BCUT2D eigenvalue weighted by Crippen LogP contribution is 2.30. The molecule has 1 atom stereocenters. The number of rotatable bonds is 7. The minimum absolute atomic E-state index is 0.263. The summed E-state index contributed by atoms with van der Waals surface area (Å²) in [4.78, 5) is 18.0. The van der Waals surface area contributed by atoms with Gasteiger partial charge in [0.15, 0.2) is 6.10 Å². The minimum atomic E-state index is -0.503. The van der Waals surface area contributed by atoms with E-state index in [1.54, 1.807) is 38.6 Å². The van der Waals surface area contributed by atoms with E-state index >= 15 is 0 Å². The van der Waals surface area contributed by atoms with Crippen LogP contribution in [0.3, 0.4) is 0 Å². The Morgan fingerprint density at radius 2 is 1.92 bits per heavy atom. The fourth-order valence-corrected chi connectivity index (χ4v) is 2.91. The lowest BCUT2D eigenvalue weighted by Gasteiger charge is -2.19. The van der Waals surface area contributed by atoms with Crippen molar-refractivity contribution in [3.8, 4) is 0 Å². The lowest BCUT2D eigenvalue weighted by molar-refractivity contribution is -0.114. The number of hydrogen-bond donors (Lipinski definition) is 1. The van der Waals surface area contributed by atoms with E-state index in [1.807, 2.05) is 36.4 Å². The van der Waals surface area contributed by atoms with Crippen LogP contribution < -0.4 is 5.32 Å². The Hall–Kier alpha value is -2.31. The maximum atomic E-state index is 12.3. The molecule has 7 heteroatoms. The van der Waals surface area contributed by atoms with E-state index in [0.29, 0.717) is 16.3 Å². The van der Waals surface area contributed by atoms with Gasteiger partial charge in [0.25, 0.3) is 5.91 Å². The molecule has 0 aromatic heterocycles. The van der Waals surface area contributed by atoms with Crippen LogP contribution in [0.5, 0.6) is 0 Å². The average Bonchev–Trinajstić information content (AvgIpc) is 2.67. The smallest absolute Gasteiger partial charge is 0.270 e. The zero-order chi connectivity index (χ0) is 18.9. The van der Waals surface area contributed by atoms with Gasteiger partial charge in [0.05, 0.1) is 0 Å². The van der Waals surface area contributed by atoms with Gasteiger partial charge in [-0.2, -0.15) is 0 Å². The molecule has 1 unspecified atom stereocenters. The van der Waals surface area contributed by atoms with Crippen molar-refractivity contribution in [3.63, 3.8) is 0 Å². The first kappa shape index (κ1) is 20.0. The largest absolute Gasteiger partial charge is 0.383 e. The molecule has 0 saturated carbocycles. The van der Waals surface area contributed by atoms with Crippen molar-refractivity contribution < 1.29 is 9.63 Å². The minimum Gasteiger partial charge on any atom is -0.383 e. The standard InChI is InChI=1S/C19H20ClN3O2S/c1-4-22-25-18(13-9-11-14(20)12-10-13)16-8-6-5-7-15(16)17(23-26-3)19(24)21-2/h4-12,18H,1-3H3,(H,21,24). The topological polar surface area (TPSA) is 63.1 Å². The second-order valence-electron chi connectivity index (χ2n) is 5.19. The predicted molar refractivity (Wildman–Crippen MR) is 109 cm³/mol. The van der Waals surface area contributed by atoms with E-state index in [4.69, 9.17) is 16.4 Å². The van der Waals surface area contributed by atoms with Crippen molar-refractivity contribution in [2.45, 2.75) is 13.0 Å². The molecule has 0 bridgehead atoms. The van der Waals surface area contributed by atoms with E-state index in [-0.39, 0.29) is 5.91 Å². The van der Waals surface area contributed by atoms with Gasteiger partial charge >= 0.3 is 0 Å². The number of halogens is 1. The lowest BCUT2D eigenvalue weighted by atomic mass is 9.94. The highest BCUT2D eigenvalue weighted by Gasteiger charge is 2.24. The monoisotopic (exact) mass is 389 g/mol. The molecule has 0 aliphatic rings. The molecule has 0 spiro atoms. The first-order chi connectivity index (χ1) is 12.6. The summed E-state index contributed by atoms with van der Waals surface area (Å²) < 4.78 is 4.30. The molecule has 0 fully saturated rings. The summed E-state index contributed by atoms with van der Waals surface area (Å²) in [5.74, 6) is -0.263. The Kier molecular flexibility index (Phi) is 7.69. The first-order valence-electron chi connectivity index (χ1n) is 7.94. The molecule has 0 aliphatic carbocycles. The number of nitrogens with zero attached hydrogens (tertiary/aromatic N) is 2. The highest BCUT2D eigenvalue weighted by molar-refractivity contribution is 7.97. The van der Waals surface area contributed by atoms with Crippen LogP contribution in [0.15, 0.2) is 58.1 Å². The number of carbonyl (C=O) groups excluding carboxylic acids is 1. The lowest BCUT2D eigenvalue weighted by Crippen LogP contribution is -2.29. The summed E-state index contributed by atoms with van der Waals surface area (Å²) in [5, 5.41) is 7.22. The zero-order valence-electron chi connectivity index (χ0n) is 14.8. The number of oxime groups is 1. The molecule has 26 heavy (non-hydrogen) atoms. The van der Waals surface area contributed by atoms with E-state index in [2.05, 4.69) is 14.9 Å². The second kappa shape index (κ2) is 9.99. The van der Waals surface area contributed by atoms with Crippen molar-refractivity contribution in [2.75, 3.05) is 13.3 Å². The van der Waals surface area contributed by atoms with Crippen LogP contribution in [0.2, 0.25) is 5.02 Å². The van der Waals surface area contributed by atoms with Gasteiger partial charge in [-0.1, -0.05) is 53.2 Å². The van der Waals surface area contributed by atoms with Gasteiger partial charge in [-0.25, -0.2) is 4.40 Å². The number of hydrogen-bond acceptors (Lipinski definition) is 5. The van der Waals surface area contributed by atoms with Crippen LogP contribution in [0.4, 0.5) is 0 Å². The van der Waals surface area contributed by atoms with Gasteiger partial charge < -0.3 is 10.2 Å². The van der Waals surface area contributed by atoms with E-state index in [9.17, 15) is 4.79 Å². The number of benzene rings is 2. The van der Waals surface area contributed by atoms with Gasteiger partial charge in [-0.15, -0.1) is 0 Å². The fourth-order valence-electron chi connectivity index (χ4n) is 2.42. The molecule has 136 valence electrons. The zero-order valence-corrected chi connectivity index (χ0v) is 16.3. The molecule has 5 nitrogen and oxygen atoms in total. The second-order valence-corrected chi connectivity index (χ2v) is 6.17. The normalized spacial score (nSPS) is 12.8. The quantitative estimate of drug-likeness (QED) is 0.437. The van der Waals surface area contributed by atoms with E-state index in [0.717, 1.165) is 11.1 Å². The third-order valence-corrected chi connectivity index (χ3v) is 4.18. The van der Waals surface area contributed by atoms with Gasteiger partial charge in [-0.3, -0.25) is 4.79 Å². The number of carbonyl (C=O) groups is 1. The average molecular weight is 390 g/mol. The van der Waals surface area contributed by atoms with E-state index in [1.165, 1.54) is 11.9 Å². The maximum Gasteiger partial charge on any atom is 0.270 e. The van der Waals surface area contributed by atoms with Crippen LogP contribution in [0.25, 0.3) is 0 Å². The molecule has 1 N–H and O–H groups in total. The molecule has 2 aromatic carbocycles. The summed E-state index contributed by atoms with van der Waals surface area (Å²) in [6.45, 7) is 1.77. The summed E-state index contributed by atoms with van der Waals surface area (Å²) in [6.07, 6.45) is 2.87. The first-order valence-corrected chi connectivity index (χ1v) is 9.50. The van der Waals surface area contributed by atoms with Gasteiger partial charge in [0.2, 0.25) is 0 Å². The fraction of sp³-hybridized carbons (Fsp3) is 0.211. The number of amides is 1. The third kappa shape index (κ3) is 4.86. The Balaban J connectivity index is 2.60. The molecule has 0 radical (unpaired) electrons. The molecule has 2 rings (SSSR count). The Labute approximate surface area is 162 Å². The summed E-state index contributed by atoms with van der Waals surface area (Å²) in [6, 6.07) is 14.8. The maximum absolute atomic E-state index is 12.3. The van der Waals surface area contributed by atoms with Crippen LogP contribution >= 0.6 is 23.5 Å². The van der Waals surface area contributed by atoms with Crippen molar-refractivity contribution >= 4 is 41.4 Å². The molecular weight excluding hydrogens is 370 g/mol. The Morgan fingerprint density at radius 1 is 1.23 bits per heavy atom. The summed E-state index contributed by atoms with van der Waals surface area (Å²) >= 11 is 7.23. The predicted octanol–water partition coefficient (Wildman–Crippen LogP) is 4.26. The summed E-state index contributed by atoms with van der Waals surface area (Å²) in [7, 11) is 1.58. The van der Waals surface area contributed by atoms with Crippen LogP contribution in [-0.4, -0.2) is 31.1 Å². The van der Waals surface area contributed by atoms with Crippen LogP contribution in [-0.2, 0) is 9.63 Å². The number of nitrogens with one attached hydrogen (secondary N) is 1. The van der Waals surface area contributed by atoms with Crippen LogP contribution in [0.1, 0.15) is 29.7 Å². The molecule has 0 heterocycles. The van der Waals surface area contributed by atoms with Crippen LogP contribution in [0, 0.1) is 0 Å². The Morgan fingerprint density at radius 3 is 2.54 bits per heavy atom. The van der Waals surface area contributed by atoms with Crippen molar-refractivity contribution in [2.24, 2.45) is 9.55 Å². The van der Waals surface area contributed by atoms with Gasteiger partial charge in [-0.05, 0) is 36.6 Å². The molecule has 2 aromatic rings. The highest BCUT2D eigenvalue weighted by atomic mass is 35.5. The molecule has 0 aliphatic heterocycles. The summed E-state index contributed by atoms with van der Waals surface area (Å²) in [5.41, 5.74) is 2.68. The number of likely N-dealkylation sites (N-methyl/N-ethyl adjacent to an activating group) is 1. The van der Waals surface area contributed by atoms with Crippen molar-refractivity contribution in [1.82, 2.24) is 5.32 Å². The molecule has 0 saturated heterocycles. The van der Waals surface area contributed by atoms with Crippen molar-refractivity contribution in [3.05, 3.63) is 70.2 Å². The van der Waals surface area contributed by atoms with Gasteiger partial charge in [0.1, 0.15) is 5.71 Å². The van der Waals surface area contributed by atoms with Crippen molar-refractivity contribution in [1.29, 1.82) is 0 Å². The molecular formula is C19H20ClN3O2S. The van der Waals surface area contributed by atoms with E-state index < -0.39 is 6.10 Å². The van der Waals surface area contributed by atoms with Gasteiger partial charge in [0, 0.05) is 35.7 Å². The Bertz CT molecular complexity index is 807. The third-order valence-electron chi connectivity index (χ3n) is 3.57. The molecule has 1 amide bonds. The SMILES string of the molecule is CC=NOC(c1ccc(Cl)cc1)c1ccccc1C(=NSC)C(=O)NC.